The van der Waals surface area contributed by atoms with Gasteiger partial charge in [0.1, 0.15) is 10.9 Å². The van der Waals surface area contributed by atoms with Crippen molar-refractivity contribution in [1.82, 2.24) is 4.90 Å². The zero-order chi connectivity index (χ0) is 15.1. The fourth-order valence-corrected chi connectivity index (χ4v) is 2.68. The number of primary sulfonamides is 1. The molecule has 0 saturated carbocycles. The van der Waals surface area contributed by atoms with Crippen molar-refractivity contribution in [3.05, 3.63) is 18.2 Å². The number of anilines is 2. The normalized spacial score (nSPS) is 19.5. The van der Waals surface area contributed by atoms with E-state index in [0.29, 0.717) is 0 Å². The predicted molar refractivity (Wildman–Crippen MR) is 72.0 cm³/mol. The van der Waals surface area contributed by atoms with Gasteiger partial charge in [0.25, 0.3) is 5.91 Å². The van der Waals surface area contributed by atoms with Crippen molar-refractivity contribution in [2.45, 2.75) is 17.4 Å². The summed E-state index contributed by atoms with van der Waals surface area (Å²) >= 11 is 0. The summed E-state index contributed by atoms with van der Waals surface area (Å²) in [6, 6.07) is 3.27. The Labute approximate surface area is 115 Å². The molecule has 8 nitrogen and oxygen atoms in total. The third kappa shape index (κ3) is 2.58. The summed E-state index contributed by atoms with van der Waals surface area (Å²) in [6.07, 6.45) is -0.0379. The standard InChI is InChI=1S/C11H14N4O4S/c1-15-10(16)5-8(11(15)17)14-7-3-2-6(12)4-9(7)20(13,18)19/h2-4,8,14H,5,12H2,1H3,(H2,13,18,19). The number of nitrogen functional groups attached to an aromatic ring is 1. The van der Waals surface area contributed by atoms with E-state index in [4.69, 9.17) is 10.9 Å². The van der Waals surface area contributed by atoms with Gasteiger partial charge in [0.2, 0.25) is 15.9 Å². The minimum Gasteiger partial charge on any atom is -0.399 e. The van der Waals surface area contributed by atoms with Crippen molar-refractivity contribution in [2.75, 3.05) is 18.1 Å². The molecule has 20 heavy (non-hydrogen) atoms. The highest BCUT2D eigenvalue weighted by molar-refractivity contribution is 7.89. The van der Waals surface area contributed by atoms with Gasteiger partial charge in [0, 0.05) is 12.7 Å². The quantitative estimate of drug-likeness (QED) is 0.488. The van der Waals surface area contributed by atoms with Crippen LogP contribution in [0, 0.1) is 0 Å². The van der Waals surface area contributed by atoms with E-state index in [1.165, 1.54) is 25.2 Å². The van der Waals surface area contributed by atoms with Crippen LogP contribution in [0.4, 0.5) is 11.4 Å². The number of nitrogens with zero attached hydrogens (tertiary/aromatic N) is 1. The lowest BCUT2D eigenvalue weighted by Gasteiger charge is -2.15. The molecule has 1 saturated heterocycles. The molecule has 2 rings (SSSR count). The molecule has 1 atom stereocenters. The highest BCUT2D eigenvalue weighted by atomic mass is 32.2. The zero-order valence-electron chi connectivity index (χ0n) is 10.7. The number of benzene rings is 1. The Bertz CT molecular complexity index is 686. The fourth-order valence-electron chi connectivity index (χ4n) is 1.95. The van der Waals surface area contributed by atoms with Crippen LogP contribution in [0.25, 0.3) is 0 Å². The van der Waals surface area contributed by atoms with Gasteiger partial charge in [0.15, 0.2) is 0 Å². The highest BCUT2D eigenvalue weighted by Crippen LogP contribution is 2.25. The van der Waals surface area contributed by atoms with Crippen LogP contribution in [0.5, 0.6) is 0 Å². The van der Waals surface area contributed by atoms with Crippen molar-refractivity contribution in [3.63, 3.8) is 0 Å². The number of hydrogen-bond acceptors (Lipinski definition) is 6. The van der Waals surface area contributed by atoms with Gasteiger partial charge in [-0.25, -0.2) is 13.6 Å². The molecule has 108 valence electrons. The van der Waals surface area contributed by atoms with Gasteiger partial charge in [-0.15, -0.1) is 0 Å². The summed E-state index contributed by atoms with van der Waals surface area (Å²) in [7, 11) is -2.62. The van der Waals surface area contributed by atoms with Gasteiger partial charge < -0.3 is 11.1 Å². The number of rotatable bonds is 3. The summed E-state index contributed by atoms with van der Waals surface area (Å²) in [5.74, 6) is -0.757. The summed E-state index contributed by atoms with van der Waals surface area (Å²) in [6.45, 7) is 0. The molecule has 1 aromatic rings. The molecule has 0 aliphatic carbocycles. The second kappa shape index (κ2) is 4.76. The van der Waals surface area contributed by atoms with Gasteiger partial charge in [-0.05, 0) is 18.2 Å². The minimum atomic E-state index is -3.99. The smallest absolute Gasteiger partial charge is 0.251 e. The number of nitrogens with one attached hydrogen (secondary N) is 1. The Morgan fingerprint density at radius 3 is 2.50 bits per heavy atom. The molecule has 1 aliphatic rings. The lowest BCUT2D eigenvalue weighted by molar-refractivity contribution is -0.136. The number of nitrogens with two attached hydrogens (primary N) is 2. The van der Waals surface area contributed by atoms with Crippen LogP contribution in [-0.4, -0.2) is 38.2 Å². The Kier molecular flexibility index (Phi) is 3.40. The first-order chi connectivity index (χ1) is 9.20. The van der Waals surface area contributed by atoms with Gasteiger partial charge in [0.05, 0.1) is 12.1 Å². The molecule has 0 bridgehead atoms. The third-order valence-corrected chi connectivity index (χ3v) is 3.97. The molecular weight excluding hydrogens is 284 g/mol. The van der Waals surface area contributed by atoms with Crippen molar-refractivity contribution in [3.8, 4) is 0 Å². The molecule has 0 aromatic heterocycles. The third-order valence-electron chi connectivity index (χ3n) is 3.02. The van der Waals surface area contributed by atoms with Crippen molar-refractivity contribution in [2.24, 2.45) is 5.14 Å². The molecule has 1 unspecified atom stereocenters. The largest absolute Gasteiger partial charge is 0.399 e. The Morgan fingerprint density at radius 2 is 2.00 bits per heavy atom. The molecule has 1 aliphatic heterocycles. The van der Waals surface area contributed by atoms with E-state index in [-0.39, 0.29) is 28.6 Å². The molecule has 5 N–H and O–H groups in total. The summed E-state index contributed by atoms with van der Waals surface area (Å²) in [4.78, 5) is 24.0. The van der Waals surface area contributed by atoms with Crippen LogP contribution in [-0.2, 0) is 19.6 Å². The Hall–Kier alpha value is -2.13. The monoisotopic (exact) mass is 298 g/mol. The average Bonchev–Trinajstić information content (AvgIpc) is 2.58. The Balaban J connectivity index is 2.36. The van der Waals surface area contributed by atoms with E-state index in [0.717, 1.165) is 4.90 Å². The zero-order valence-corrected chi connectivity index (χ0v) is 11.5. The lowest BCUT2D eigenvalue weighted by Crippen LogP contribution is -2.32. The maximum absolute atomic E-state index is 11.8. The van der Waals surface area contributed by atoms with Crippen molar-refractivity contribution >= 4 is 33.2 Å². The molecule has 1 aromatic carbocycles. The number of hydrogen-bond donors (Lipinski definition) is 3. The van der Waals surface area contributed by atoms with E-state index >= 15 is 0 Å². The second-order valence-electron chi connectivity index (χ2n) is 4.49. The lowest BCUT2D eigenvalue weighted by atomic mass is 10.2. The first-order valence-corrected chi connectivity index (χ1v) is 7.24. The van der Waals surface area contributed by atoms with E-state index in [1.807, 2.05) is 0 Å². The number of likely N-dealkylation sites (tertiary alicyclic amines) is 1. The van der Waals surface area contributed by atoms with Crippen molar-refractivity contribution < 1.29 is 18.0 Å². The second-order valence-corrected chi connectivity index (χ2v) is 6.02. The van der Waals surface area contributed by atoms with Crippen LogP contribution >= 0.6 is 0 Å². The fraction of sp³-hybridized carbons (Fsp3) is 0.273. The maximum atomic E-state index is 11.8. The molecule has 1 heterocycles. The minimum absolute atomic E-state index is 0.0379. The van der Waals surface area contributed by atoms with Gasteiger partial charge in [-0.1, -0.05) is 0 Å². The maximum Gasteiger partial charge on any atom is 0.251 e. The average molecular weight is 298 g/mol. The summed E-state index contributed by atoms with van der Waals surface area (Å²) < 4.78 is 23.0. The van der Waals surface area contributed by atoms with Crippen LogP contribution in [0.3, 0.4) is 0 Å². The van der Waals surface area contributed by atoms with E-state index in [1.54, 1.807) is 0 Å². The van der Waals surface area contributed by atoms with Gasteiger partial charge >= 0.3 is 0 Å². The first-order valence-electron chi connectivity index (χ1n) is 5.69. The number of likely N-dealkylation sites (N-methyl/N-ethyl adjacent to an activating group) is 1. The number of carbonyl (C=O) groups excluding carboxylic acids is 2. The highest BCUT2D eigenvalue weighted by Gasteiger charge is 2.36. The van der Waals surface area contributed by atoms with E-state index in [2.05, 4.69) is 5.32 Å². The molecule has 0 radical (unpaired) electrons. The van der Waals surface area contributed by atoms with Crippen LogP contribution in [0.1, 0.15) is 6.42 Å². The van der Waals surface area contributed by atoms with Crippen LogP contribution < -0.4 is 16.2 Å². The van der Waals surface area contributed by atoms with E-state index < -0.39 is 22.0 Å². The van der Waals surface area contributed by atoms with Gasteiger partial charge in [-0.3, -0.25) is 14.5 Å². The molecule has 9 heteroatoms. The predicted octanol–water partition coefficient (Wildman–Crippen LogP) is -0.915. The number of imide groups is 1. The van der Waals surface area contributed by atoms with Crippen LogP contribution in [0.2, 0.25) is 0 Å². The van der Waals surface area contributed by atoms with Gasteiger partial charge in [-0.2, -0.15) is 0 Å². The topological polar surface area (TPSA) is 136 Å². The summed E-state index contributed by atoms with van der Waals surface area (Å²) in [5.41, 5.74) is 5.90. The molecule has 2 amide bonds. The van der Waals surface area contributed by atoms with Crippen molar-refractivity contribution in [1.29, 1.82) is 0 Å². The van der Waals surface area contributed by atoms with E-state index in [9.17, 15) is 18.0 Å². The Morgan fingerprint density at radius 1 is 1.35 bits per heavy atom. The summed E-state index contributed by atoms with van der Waals surface area (Å²) in [5, 5.41) is 7.83. The molecule has 0 spiro atoms. The molecular formula is C11H14N4O4S. The SMILES string of the molecule is CN1C(=O)CC(Nc2ccc(N)cc2S(N)(=O)=O)C1=O. The number of amides is 2. The number of carbonyl (C=O) groups is 2. The molecule has 1 fully saturated rings. The van der Waals surface area contributed by atoms with Crippen LogP contribution in [0.15, 0.2) is 23.1 Å². The number of sulfonamides is 1. The first kappa shape index (κ1) is 14.3.